The molecule has 0 bridgehead atoms. The van der Waals surface area contributed by atoms with Gasteiger partial charge >= 0.3 is 0 Å². The predicted molar refractivity (Wildman–Crippen MR) is 77.9 cm³/mol. The van der Waals surface area contributed by atoms with Crippen LogP contribution in [0, 0.1) is 0 Å². The first-order valence-corrected chi connectivity index (χ1v) is 6.87. The Morgan fingerprint density at radius 3 is 2.78 bits per heavy atom. The van der Waals surface area contributed by atoms with Crippen molar-refractivity contribution in [2.24, 2.45) is 0 Å². The van der Waals surface area contributed by atoms with Crippen molar-refractivity contribution in [3.63, 3.8) is 0 Å². The maximum atomic E-state index is 6.07. The molecule has 0 spiro atoms. The van der Waals surface area contributed by atoms with Crippen molar-refractivity contribution in [2.45, 2.75) is 12.8 Å². The van der Waals surface area contributed by atoms with E-state index in [1.165, 1.54) is 4.88 Å². The van der Waals surface area contributed by atoms with Gasteiger partial charge in [-0.05, 0) is 36.4 Å². The van der Waals surface area contributed by atoms with Crippen molar-refractivity contribution >= 4 is 27.9 Å². The summed E-state index contributed by atoms with van der Waals surface area (Å²) in [7, 11) is 0. The van der Waals surface area contributed by atoms with Gasteiger partial charge in [0.05, 0.1) is 5.52 Å². The lowest BCUT2D eigenvalue weighted by molar-refractivity contribution is 0.939. The van der Waals surface area contributed by atoms with E-state index >= 15 is 0 Å². The summed E-state index contributed by atoms with van der Waals surface area (Å²) in [6.45, 7) is 0. The smallest absolute Gasteiger partial charge is 0.0725 e. The number of aromatic nitrogens is 1. The van der Waals surface area contributed by atoms with Crippen LogP contribution in [0.1, 0.15) is 10.6 Å². The van der Waals surface area contributed by atoms with E-state index in [4.69, 9.17) is 5.73 Å². The molecule has 0 fully saturated rings. The first-order chi connectivity index (χ1) is 8.83. The first kappa shape index (κ1) is 11.2. The van der Waals surface area contributed by atoms with Crippen LogP contribution in [0.2, 0.25) is 0 Å². The summed E-state index contributed by atoms with van der Waals surface area (Å²) in [5, 5.41) is 3.15. The summed E-state index contributed by atoms with van der Waals surface area (Å²) in [6.07, 6.45) is 1.97. The predicted octanol–water partition coefficient (Wildman–Crippen LogP) is 3.66. The van der Waals surface area contributed by atoms with Gasteiger partial charge in [0.15, 0.2) is 0 Å². The molecule has 2 aromatic heterocycles. The van der Waals surface area contributed by atoms with Crippen LogP contribution in [-0.4, -0.2) is 4.98 Å². The number of thiophene rings is 1. The molecule has 0 atom stereocenters. The Balaban J connectivity index is 1.88. The maximum Gasteiger partial charge on any atom is 0.0725 e. The van der Waals surface area contributed by atoms with Crippen molar-refractivity contribution in [3.8, 4) is 0 Å². The number of anilines is 1. The number of nitrogens with two attached hydrogens (primary N) is 1. The van der Waals surface area contributed by atoms with Crippen LogP contribution < -0.4 is 5.73 Å². The Morgan fingerprint density at radius 1 is 1.06 bits per heavy atom. The van der Waals surface area contributed by atoms with Crippen LogP contribution in [0.5, 0.6) is 0 Å². The largest absolute Gasteiger partial charge is 0.398 e. The molecule has 0 saturated heterocycles. The summed E-state index contributed by atoms with van der Waals surface area (Å²) < 4.78 is 0. The Morgan fingerprint density at radius 2 is 1.94 bits per heavy atom. The number of hydrogen-bond acceptors (Lipinski definition) is 3. The second-order valence-electron chi connectivity index (χ2n) is 4.30. The fourth-order valence-electron chi connectivity index (χ4n) is 2.09. The standard InChI is InChI=1S/C15H14N2S/c16-14-10-11(7-8-12-4-3-9-18-12)17-15-6-2-1-5-13(14)15/h1-6,9-10H,7-8H2,(H2,16,17). The fourth-order valence-corrected chi connectivity index (χ4v) is 2.80. The summed E-state index contributed by atoms with van der Waals surface area (Å²) in [4.78, 5) is 6.05. The zero-order chi connectivity index (χ0) is 12.4. The summed E-state index contributed by atoms with van der Waals surface area (Å²) in [5.74, 6) is 0. The minimum Gasteiger partial charge on any atom is -0.398 e. The Hall–Kier alpha value is -1.87. The highest BCUT2D eigenvalue weighted by atomic mass is 32.1. The van der Waals surface area contributed by atoms with Gasteiger partial charge in [0.1, 0.15) is 0 Å². The number of benzene rings is 1. The highest BCUT2D eigenvalue weighted by Gasteiger charge is 2.03. The van der Waals surface area contributed by atoms with Crippen molar-refractivity contribution in [3.05, 3.63) is 58.4 Å². The minimum absolute atomic E-state index is 0.821. The quantitative estimate of drug-likeness (QED) is 0.774. The lowest BCUT2D eigenvalue weighted by atomic mass is 10.1. The third kappa shape index (κ3) is 2.22. The molecule has 90 valence electrons. The zero-order valence-corrected chi connectivity index (χ0v) is 10.8. The van der Waals surface area contributed by atoms with Crippen LogP contribution in [0.3, 0.4) is 0 Å². The van der Waals surface area contributed by atoms with Gasteiger partial charge in [-0.3, -0.25) is 4.98 Å². The number of nitrogen functional groups attached to an aromatic ring is 1. The molecule has 2 nitrogen and oxygen atoms in total. The summed E-state index contributed by atoms with van der Waals surface area (Å²) in [5.41, 5.74) is 8.94. The lowest BCUT2D eigenvalue weighted by Crippen LogP contribution is -1.97. The number of aryl methyl sites for hydroxylation is 2. The minimum atomic E-state index is 0.821. The molecule has 1 aromatic carbocycles. The molecule has 0 amide bonds. The zero-order valence-electron chi connectivity index (χ0n) is 9.97. The van der Waals surface area contributed by atoms with Crippen LogP contribution >= 0.6 is 11.3 Å². The van der Waals surface area contributed by atoms with Gasteiger partial charge in [0, 0.05) is 21.6 Å². The van der Waals surface area contributed by atoms with E-state index in [-0.39, 0.29) is 0 Å². The second-order valence-corrected chi connectivity index (χ2v) is 5.33. The van der Waals surface area contributed by atoms with Crippen molar-refractivity contribution < 1.29 is 0 Å². The molecule has 18 heavy (non-hydrogen) atoms. The molecule has 0 unspecified atom stereocenters. The van der Waals surface area contributed by atoms with E-state index in [1.54, 1.807) is 11.3 Å². The van der Waals surface area contributed by atoms with E-state index < -0.39 is 0 Å². The molecule has 0 radical (unpaired) electrons. The monoisotopic (exact) mass is 254 g/mol. The molecule has 2 N–H and O–H groups in total. The van der Waals surface area contributed by atoms with E-state index in [9.17, 15) is 0 Å². The Bertz CT molecular complexity index is 659. The number of fused-ring (bicyclic) bond motifs is 1. The van der Waals surface area contributed by atoms with Gasteiger partial charge in [-0.15, -0.1) is 11.3 Å². The molecule has 3 rings (SSSR count). The van der Waals surface area contributed by atoms with Crippen LogP contribution in [0.15, 0.2) is 47.8 Å². The number of rotatable bonds is 3. The van der Waals surface area contributed by atoms with Gasteiger partial charge in [0.2, 0.25) is 0 Å². The number of para-hydroxylation sites is 1. The average Bonchev–Trinajstić information content (AvgIpc) is 2.90. The third-order valence-electron chi connectivity index (χ3n) is 3.01. The average molecular weight is 254 g/mol. The number of nitrogens with zero attached hydrogens (tertiary/aromatic N) is 1. The summed E-state index contributed by atoms with van der Waals surface area (Å²) >= 11 is 1.79. The molecule has 0 aliphatic heterocycles. The van der Waals surface area contributed by atoms with Crippen molar-refractivity contribution in [1.29, 1.82) is 0 Å². The topological polar surface area (TPSA) is 38.9 Å². The molecule has 3 aromatic rings. The van der Waals surface area contributed by atoms with E-state index in [0.29, 0.717) is 0 Å². The molecule has 0 aliphatic rings. The Labute approximate surface area is 110 Å². The van der Waals surface area contributed by atoms with Gasteiger partial charge in [0.25, 0.3) is 0 Å². The van der Waals surface area contributed by atoms with Crippen molar-refractivity contribution in [2.75, 3.05) is 5.73 Å². The molecule has 0 aliphatic carbocycles. The molecule has 0 saturated carbocycles. The van der Waals surface area contributed by atoms with Crippen LogP contribution in [-0.2, 0) is 12.8 Å². The van der Waals surface area contributed by atoms with Gasteiger partial charge in [-0.25, -0.2) is 0 Å². The number of pyridine rings is 1. The second kappa shape index (κ2) is 4.78. The fraction of sp³-hybridized carbons (Fsp3) is 0.133. The highest BCUT2D eigenvalue weighted by Crippen LogP contribution is 2.21. The maximum absolute atomic E-state index is 6.07. The van der Waals surface area contributed by atoms with Gasteiger partial charge in [-0.1, -0.05) is 24.3 Å². The van der Waals surface area contributed by atoms with Gasteiger partial charge in [-0.2, -0.15) is 0 Å². The molecular formula is C15H14N2S. The number of hydrogen-bond donors (Lipinski definition) is 1. The first-order valence-electron chi connectivity index (χ1n) is 5.99. The lowest BCUT2D eigenvalue weighted by Gasteiger charge is -2.05. The van der Waals surface area contributed by atoms with E-state index in [1.807, 2.05) is 30.3 Å². The van der Waals surface area contributed by atoms with E-state index in [0.717, 1.165) is 35.1 Å². The normalized spacial score (nSPS) is 10.9. The van der Waals surface area contributed by atoms with Gasteiger partial charge < -0.3 is 5.73 Å². The SMILES string of the molecule is Nc1cc(CCc2cccs2)nc2ccccc12. The third-order valence-corrected chi connectivity index (χ3v) is 3.95. The van der Waals surface area contributed by atoms with Crippen molar-refractivity contribution in [1.82, 2.24) is 4.98 Å². The van der Waals surface area contributed by atoms with E-state index in [2.05, 4.69) is 22.5 Å². The van der Waals surface area contributed by atoms with Crippen LogP contribution in [0.25, 0.3) is 10.9 Å². The summed E-state index contributed by atoms with van der Waals surface area (Å²) in [6, 6.07) is 14.3. The molecule has 2 heterocycles. The molecular weight excluding hydrogens is 240 g/mol. The van der Waals surface area contributed by atoms with Crippen LogP contribution in [0.4, 0.5) is 5.69 Å². The highest BCUT2D eigenvalue weighted by molar-refractivity contribution is 7.09. The Kier molecular flexibility index (Phi) is 2.99. The molecule has 3 heteroatoms.